The van der Waals surface area contributed by atoms with Crippen molar-refractivity contribution in [2.45, 2.75) is 18.3 Å². The molecule has 0 bridgehead atoms. The van der Waals surface area contributed by atoms with Crippen LogP contribution in [0.4, 0.5) is 0 Å². The van der Waals surface area contributed by atoms with Crippen LogP contribution in [0, 0.1) is 0 Å². The molecular weight excluding hydrogens is 257 g/mol. The van der Waals surface area contributed by atoms with Crippen LogP contribution in [0.25, 0.3) is 0 Å². The van der Waals surface area contributed by atoms with Gasteiger partial charge in [-0.1, -0.05) is 0 Å². The Balaban J connectivity index is 4.39. The lowest BCUT2D eigenvalue weighted by Crippen LogP contribution is -2.42. The summed E-state index contributed by atoms with van der Waals surface area (Å²) in [6.07, 6.45) is -4.66. The number of amides is 1. The third-order valence-corrected chi connectivity index (χ3v) is 2.28. The molecule has 17 heavy (non-hydrogen) atoms. The summed E-state index contributed by atoms with van der Waals surface area (Å²) in [6.45, 7) is -0.661. The second-order valence-electron chi connectivity index (χ2n) is 3.21. The van der Waals surface area contributed by atoms with Crippen LogP contribution in [0.5, 0.6) is 0 Å². The number of carbonyl (C=O) groups is 1. The molecule has 0 aliphatic rings. The molecule has 0 fully saturated rings. The van der Waals surface area contributed by atoms with Gasteiger partial charge in [0.15, 0.2) is 0 Å². The number of carbonyl (C=O) groups excluding carboxylic acids is 1. The zero-order valence-electron chi connectivity index (χ0n) is 8.57. The molecule has 0 aliphatic heterocycles. The second-order valence-corrected chi connectivity index (χ2v) is 4.68. The van der Waals surface area contributed by atoms with E-state index in [0.717, 1.165) is 0 Å². The summed E-state index contributed by atoms with van der Waals surface area (Å²) < 4.78 is 10.4. The second kappa shape index (κ2) is 6.82. The topological polar surface area (TPSA) is 159 Å². The molecular formula is C7H14NO8P. The summed E-state index contributed by atoms with van der Waals surface area (Å²) in [5, 5.41) is 36.4. The van der Waals surface area contributed by atoms with Crippen LogP contribution >= 0.6 is 7.60 Å². The molecule has 9 nitrogen and oxygen atoms in total. The summed E-state index contributed by atoms with van der Waals surface area (Å²) in [5.74, 6) is 0.365. The van der Waals surface area contributed by atoms with Gasteiger partial charge in [-0.25, -0.2) is 5.06 Å². The predicted octanol–water partition coefficient (Wildman–Crippen LogP) is -2.39. The van der Waals surface area contributed by atoms with Gasteiger partial charge in [0.2, 0.25) is 6.41 Å². The first kappa shape index (κ1) is 16.2. The van der Waals surface area contributed by atoms with Crippen LogP contribution in [0.1, 0.15) is 0 Å². The average molecular weight is 271 g/mol. The van der Waals surface area contributed by atoms with E-state index in [1.165, 1.54) is 0 Å². The van der Waals surface area contributed by atoms with Crippen molar-refractivity contribution in [2.24, 2.45) is 0 Å². The van der Waals surface area contributed by atoms with Gasteiger partial charge in [-0.3, -0.25) is 14.6 Å². The molecule has 1 amide bonds. The zero-order chi connectivity index (χ0) is 13.6. The van der Waals surface area contributed by atoms with Gasteiger partial charge in [0.05, 0.1) is 6.54 Å². The minimum atomic E-state index is -4.47. The first-order valence-corrected chi connectivity index (χ1v) is 6.05. The number of aliphatic hydroxyl groups is 3. The smallest absolute Gasteiger partial charge is 0.348 e. The third-order valence-electron chi connectivity index (χ3n) is 1.72. The van der Waals surface area contributed by atoms with Crippen LogP contribution in [0.3, 0.4) is 0 Å². The van der Waals surface area contributed by atoms with Gasteiger partial charge >= 0.3 is 7.60 Å². The predicted molar refractivity (Wildman–Crippen MR) is 53.8 cm³/mol. The highest BCUT2D eigenvalue weighted by Gasteiger charge is 2.25. The Morgan fingerprint density at radius 3 is 2.18 bits per heavy atom. The van der Waals surface area contributed by atoms with E-state index in [4.69, 9.17) is 15.0 Å². The van der Waals surface area contributed by atoms with Gasteiger partial charge in [0, 0.05) is 5.82 Å². The lowest BCUT2D eigenvalue weighted by Gasteiger charge is -2.22. The Bertz CT molecular complexity index is 315. The Morgan fingerprint density at radius 2 is 1.76 bits per heavy atom. The summed E-state index contributed by atoms with van der Waals surface area (Å²) in [4.78, 5) is 26.9. The minimum absolute atomic E-state index is 0.0200. The Kier molecular flexibility index (Phi) is 6.50. The number of nitrogens with zero attached hydrogens (tertiary/aromatic N) is 1. The van der Waals surface area contributed by atoms with E-state index in [2.05, 4.69) is 0 Å². The van der Waals surface area contributed by atoms with Gasteiger partial charge in [0.1, 0.15) is 18.3 Å². The highest BCUT2D eigenvalue weighted by atomic mass is 31.2. The molecule has 0 aromatic rings. The Labute approximate surface area is 96.3 Å². The molecule has 10 heteroatoms. The molecule has 0 aliphatic carbocycles. The summed E-state index contributed by atoms with van der Waals surface area (Å²) in [7, 11) is -4.47. The van der Waals surface area contributed by atoms with Crippen molar-refractivity contribution in [2.75, 3.05) is 6.54 Å². The zero-order valence-corrected chi connectivity index (χ0v) is 9.46. The van der Waals surface area contributed by atoms with Gasteiger partial charge in [-0.15, -0.1) is 0 Å². The number of hydrogen-bond donors (Lipinski definition) is 6. The maximum atomic E-state index is 10.4. The summed E-state index contributed by atoms with van der Waals surface area (Å²) >= 11 is 0. The summed E-state index contributed by atoms with van der Waals surface area (Å²) in [6, 6.07) is 0. The molecule has 0 aromatic carbocycles. The first-order valence-electron chi connectivity index (χ1n) is 4.37. The number of rotatable bonds is 7. The average Bonchev–Trinajstić information content (AvgIpc) is 2.23. The number of hydrogen-bond acceptors (Lipinski definition) is 6. The van der Waals surface area contributed by atoms with E-state index in [0.29, 0.717) is 11.9 Å². The molecule has 0 heterocycles. The van der Waals surface area contributed by atoms with Crippen molar-refractivity contribution < 1.29 is 39.7 Å². The maximum absolute atomic E-state index is 10.4. The molecule has 0 unspecified atom stereocenters. The third kappa shape index (κ3) is 7.18. The highest BCUT2D eigenvalue weighted by Crippen LogP contribution is 2.36. The minimum Gasteiger partial charge on any atom is -0.388 e. The van der Waals surface area contributed by atoms with E-state index in [1.807, 2.05) is 0 Å². The van der Waals surface area contributed by atoms with Gasteiger partial charge < -0.3 is 25.1 Å². The standard InChI is InChI=1S/C7H14NO8P/c9-4-8(13)3-6(11)7(12)5(10)1-2-17(14,15)16/h1-2,4-7,10-13H,3H2,(H2,14,15,16)/b2-1+/t5-,6+,7-/m1/s1. The quantitative estimate of drug-likeness (QED) is 0.129. The van der Waals surface area contributed by atoms with Crippen molar-refractivity contribution >= 4 is 14.0 Å². The lowest BCUT2D eigenvalue weighted by atomic mass is 10.1. The summed E-state index contributed by atoms with van der Waals surface area (Å²) in [5.41, 5.74) is 0. The van der Waals surface area contributed by atoms with Crippen LogP contribution in [0.2, 0.25) is 0 Å². The van der Waals surface area contributed by atoms with E-state index in [9.17, 15) is 24.7 Å². The van der Waals surface area contributed by atoms with Gasteiger partial charge in [0.25, 0.3) is 0 Å². The molecule has 0 spiro atoms. The number of aliphatic hydroxyl groups excluding tert-OH is 3. The highest BCUT2D eigenvalue weighted by molar-refractivity contribution is 7.55. The fraction of sp³-hybridized carbons (Fsp3) is 0.571. The molecule has 6 N–H and O–H groups in total. The fourth-order valence-corrected chi connectivity index (χ4v) is 1.29. The monoisotopic (exact) mass is 271 g/mol. The largest absolute Gasteiger partial charge is 0.388 e. The molecule has 3 atom stereocenters. The van der Waals surface area contributed by atoms with E-state index >= 15 is 0 Å². The van der Waals surface area contributed by atoms with E-state index in [1.54, 1.807) is 0 Å². The normalized spacial score (nSPS) is 17.8. The molecule has 100 valence electrons. The van der Waals surface area contributed by atoms with E-state index in [-0.39, 0.29) is 11.5 Å². The van der Waals surface area contributed by atoms with Gasteiger partial charge in [-0.05, 0) is 6.08 Å². The molecule has 0 saturated carbocycles. The van der Waals surface area contributed by atoms with Crippen molar-refractivity contribution in [1.29, 1.82) is 0 Å². The Morgan fingerprint density at radius 1 is 1.24 bits per heavy atom. The lowest BCUT2D eigenvalue weighted by molar-refractivity contribution is -0.161. The van der Waals surface area contributed by atoms with E-state index < -0.39 is 32.5 Å². The molecule has 0 rings (SSSR count). The van der Waals surface area contributed by atoms with Crippen molar-refractivity contribution in [3.63, 3.8) is 0 Å². The van der Waals surface area contributed by atoms with Crippen molar-refractivity contribution in [3.05, 3.63) is 11.9 Å². The van der Waals surface area contributed by atoms with Crippen molar-refractivity contribution in [1.82, 2.24) is 5.06 Å². The van der Waals surface area contributed by atoms with Gasteiger partial charge in [-0.2, -0.15) is 0 Å². The van der Waals surface area contributed by atoms with Crippen LogP contribution in [0.15, 0.2) is 11.9 Å². The fourth-order valence-electron chi connectivity index (χ4n) is 0.884. The van der Waals surface area contributed by atoms with Crippen LogP contribution in [-0.2, 0) is 9.36 Å². The SMILES string of the molecule is O=CN(O)C[C@H](O)[C@H](O)[C@H](O)/C=C/P(=O)(O)O. The molecule has 0 radical (unpaired) electrons. The maximum Gasteiger partial charge on any atom is 0.348 e. The molecule has 0 aromatic heterocycles. The number of hydroxylamine groups is 2. The van der Waals surface area contributed by atoms with Crippen LogP contribution in [-0.4, -0.2) is 66.6 Å². The van der Waals surface area contributed by atoms with Crippen LogP contribution < -0.4 is 0 Å². The first-order chi connectivity index (χ1) is 7.67. The Hall–Kier alpha value is -0.800. The molecule has 0 saturated heterocycles. The van der Waals surface area contributed by atoms with Crippen molar-refractivity contribution in [3.8, 4) is 0 Å².